The molecular weight excluding hydrogens is 426 g/mol. The van der Waals surface area contributed by atoms with Crippen LogP contribution in [0.1, 0.15) is 15.2 Å². The molecule has 3 aromatic heterocycles. The van der Waals surface area contributed by atoms with Crippen molar-refractivity contribution in [3.05, 3.63) is 64.1 Å². The molecule has 0 spiro atoms. The van der Waals surface area contributed by atoms with Crippen LogP contribution in [0.25, 0.3) is 20.8 Å². The number of aromatic nitrogens is 1. The van der Waals surface area contributed by atoms with Gasteiger partial charge in [0.2, 0.25) is 0 Å². The van der Waals surface area contributed by atoms with Crippen LogP contribution in [0.3, 0.4) is 0 Å². The van der Waals surface area contributed by atoms with Gasteiger partial charge in [-0.25, -0.2) is 9.37 Å². The summed E-state index contributed by atoms with van der Waals surface area (Å²) in [6.07, 6.45) is -4.69. The second kappa shape index (κ2) is 7.12. The van der Waals surface area contributed by atoms with Crippen LogP contribution < -0.4 is 11.1 Å². The van der Waals surface area contributed by atoms with E-state index in [1.807, 2.05) is 0 Å². The Hall–Kier alpha value is -2.98. The summed E-state index contributed by atoms with van der Waals surface area (Å²) in [5, 5.41) is 3.73. The molecular formula is C19H11F4N3OS2. The highest BCUT2D eigenvalue weighted by Crippen LogP contribution is 2.44. The number of hydrogen-bond donors (Lipinski definition) is 2. The molecule has 0 aliphatic heterocycles. The average molecular weight is 437 g/mol. The van der Waals surface area contributed by atoms with Gasteiger partial charge in [0.15, 0.2) is 0 Å². The van der Waals surface area contributed by atoms with E-state index in [1.165, 1.54) is 29.5 Å². The fourth-order valence-corrected chi connectivity index (χ4v) is 4.51. The largest absolute Gasteiger partial charge is 0.417 e. The number of para-hydroxylation sites is 1. The Kier molecular flexibility index (Phi) is 4.75. The minimum absolute atomic E-state index is 0.0144. The number of alkyl halides is 3. The van der Waals surface area contributed by atoms with Crippen molar-refractivity contribution in [2.75, 3.05) is 11.1 Å². The predicted molar refractivity (Wildman–Crippen MR) is 107 cm³/mol. The van der Waals surface area contributed by atoms with Crippen LogP contribution >= 0.6 is 22.7 Å². The first-order valence-corrected chi connectivity index (χ1v) is 9.85. The van der Waals surface area contributed by atoms with Crippen molar-refractivity contribution in [1.29, 1.82) is 0 Å². The normalized spacial score (nSPS) is 11.7. The quantitative estimate of drug-likeness (QED) is 0.385. The van der Waals surface area contributed by atoms with Gasteiger partial charge in [0.05, 0.1) is 27.5 Å². The molecule has 0 atom stereocenters. The molecule has 4 nitrogen and oxygen atoms in total. The van der Waals surface area contributed by atoms with Crippen LogP contribution in [-0.2, 0) is 6.18 Å². The van der Waals surface area contributed by atoms with Crippen molar-refractivity contribution in [2.24, 2.45) is 0 Å². The highest BCUT2D eigenvalue weighted by molar-refractivity contribution is 7.21. The molecule has 1 amide bonds. The lowest BCUT2D eigenvalue weighted by molar-refractivity contribution is -0.136. The minimum Gasteiger partial charge on any atom is -0.397 e. The molecule has 0 saturated carbocycles. The summed E-state index contributed by atoms with van der Waals surface area (Å²) in [5.41, 5.74) is 4.65. The third-order valence-electron chi connectivity index (χ3n) is 4.11. The Morgan fingerprint density at radius 1 is 1.14 bits per heavy atom. The van der Waals surface area contributed by atoms with Crippen LogP contribution in [-0.4, -0.2) is 10.9 Å². The number of hydrogen-bond acceptors (Lipinski definition) is 5. The number of nitrogens with two attached hydrogens (primary N) is 1. The van der Waals surface area contributed by atoms with Gasteiger partial charge in [-0.05, 0) is 29.6 Å². The number of pyridine rings is 1. The van der Waals surface area contributed by atoms with Crippen molar-refractivity contribution < 1.29 is 22.4 Å². The van der Waals surface area contributed by atoms with E-state index in [9.17, 15) is 22.4 Å². The molecule has 0 unspecified atom stereocenters. The van der Waals surface area contributed by atoms with Gasteiger partial charge in [-0.2, -0.15) is 13.2 Å². The van der Waals surface area contributed by atoms with E-state index in [1.54, 1.807) is 17.5 Å². The third kappa shape index (κ3) is 3.56. The number of anilines is 2. The Labute approximate surface area is 169 Å². The van der Waals surface area contributed by atoms with Gasteiger partial charge in [-0.1, -0.05) is 18.2 Å². The van der Waals surface area contributed by atoms with E-state index in [2.05, 4.69) is 10.3 Å². The van der Waals surface area contributed by atoms with Crippen LogP contribution in [0.15, 0.2) is 47.8 Å². The number of fused-ring (bicyclic) bond motifs is 1. The van der Waals surface area contributed by atoms with Crippen LogP contribution in [0.5, 0.6) is 0 Å². The second-order valence-corrected chi connectivity index (χ2v) is 7.94. The molecule has 148 valence electrons. The van der Waals surface area contributed by atoms with Crippen LogP contribution in [0.2, 0.25) is 0 Å². The fourth-order valence-electron chi connectivity index (χ4n) is 2.81. The van der Waals surface area contributed by atoms with E-state index >= 15 is 0 Å². The van der Waals surface area contributed by atoms with Gasteiger partial charge in [0.25, 0.3) is 5.91 Å². The maximum Gasteiger partial charge on any atom is 0.417 e. The van der Waals surface area contributed by atoms with E-state index in [0.717, 1.165) is 23.5 Å². The van der Waals surface area contributed by atoms with Gasteiger partial charge in [-0.15, -0.1) is 22.7 Å². The Bertz CT molecular complexity index is 1220. The molecule has 0 fully saturated rings. The lowest BCUT2D eigenvalue weighted by Crippen LogP contribution is -2.13. The van der Waals surface area contributed by atoms with Crippen LogP contribution in [0, 0.1) is 5.82 Å². The van der Waals surface area contributed by atoms with E-state index in [0.29, 0.717) is 4.88 Å². The van der Waals surface area contributed by atoms with E-state index in [-0.39, 0.29) is 32.2 Å². The lowest BCUT2D eigenvalue weighted by atomic mass is 10.1. The number of carbonyl (C=O) groups is 1. The SMILES string of the molecule is Nc1c(C(=O)Nc2ccccc2F)sc2nc(-c3cccs3)cc(C(F)(F)F)c12. The average Bonchev–Trinajstić information content (AvgIpc) is 3.30. The first-order valence-electron chi connectivity index (χ1n) is 8.15. The van der Waals surface area contributed by atoms with Crippen molar-refractivity contribution >= 4 is 50.2 Å². The first-order chi connectivity index (χ1) is 13.8. The summed E-state index contributed by atoms with van der Waals surface area (Å²) < 4.78 is 54.9. The Balaban J connectivity index is 1.86. The van der Waals surface area contributed by atoms with E-state index < -0.39 is 23.5 Å². The zero-order valence-electron chi connectivity index (χ0n) is 14.4. The molecule has 0 bridgehead atoms. The number of benzene rings is 1. The molecule has 4 rings (SSSR count). The number of nitrogens with zero attached hydrogens (tertiary/aromatic N) is 1. The van der Waals surface area contributed by atoms with Gasteiger partial charge in [0, 0.05) is 5.39 Å². The van der Waals surface area contributed by atoms with Crippen molar-refractivity contribution in [2.45, 2.75) is 6.18 Å². The van der Waals surface area contributed by atoms with E-state index in [4.69, 9.17) is 5.73 Å². The minimum atomic E-state index is -4.69. The molecule has 0 aliphatic rings. The first kappa shape index (κ1) is 19.3. The standard InChI is InChI=1S/C19H11F4N3OS2/c20-10-4-1-2-5-11(10)25-17(27)16-15(24)14-9(19(21,22)23)8-12(26-18(14)29-16)13-6-3-7-28-13/h1-8H,24H2,(H,25,27). The summed E-state index contributed by atoms with van der Waals surface area (Å²) in [4.78, 5) is 17.2. The van der Waals surface area contributed by atoms with Crippen molar-refractivity contribution in [3.8, 4) is 10.6 Å². The molecule has 1 aromatic carbocycles. The molecule has 3 N–H and O–H groups in total. The Morgan fingerprint density at radius 2 is 1.90 bits per heavy atom. The van der Waals surface area contributed by atoms with Gasteiger partial charge in [0.1, 0.15) is 15.5 Å². The lowest BCUT2D eigenvalue weighted by Gasteiger charge is -2.10. The predicted octanol–water partition coefficient (Wildman–Crippen LogP) is 6.02. The number of amides is 1. The molecule has 3 heterocycles. The molecule has 0 saturated heterocycles. The third-order valence-corrected chi connectivity index (χ3v) is 6.10. The molecule has 29 heavy (non-hydrogen) atoms. The van der Waals surface area contributed by atoms with Gasteiger partial charge >= 0.3 is 6.18 Å². The molecule has 10 heteroatoms. The summed E-state index contributed by atoms with van der Waals surface area (Å²) in [6, 6.07) is 9.74. The molecule has 4 aromatic rings. The zero-order valence-corrected chi connectivity index (χ0v) is 16.0. The second-order valence-electron chi connectivity index (χ2n) is 5.99. The summed E-state index contributed by atoms with van der Waals surface area (Å²) in [5.74, 6) is -1.48. The molecule has 0 aliphatic carbocycles. The molecule has 0 radical (unpaired) electrons. The highest BCUT2D eigenvalue weighted by atomic mass is 32.1. The van der Waals surface area contributed by atoms with Crippen LogP contribution in [0.4, 0.5) is 28.9 Å². The topological polar surface area (TPSA) is 68.0 Å². The summed E-state index contributed by atoms with van der Waals surface area (Å²) in [6.45, 7) is 0. The monoisotopic (exact) mass is 437 g/mol. The maximum absolute atomic E-state index is 13.8. The number of nitrogen functional groups attached to an aromatic ring is 1. The number of thiophene rings is 2. The van der Waals surface area contributed by atoms with Gasteiger partial charge < -0.3 is 11.1 Å². The van der Waals surface area contributed by atoms with Crippen molar-refractivity contribution in [1.82, 2.24) is 4.98 Å². The van der Waals surface area contributed by atoms with Crippen molar-refractivity contribution in [3.63, 3.8) is 0 Å². The van der Waals surface area contributed by atoms with Gasteiger partial charge in [-0.3, -0.25) is 4.79 Å². The highest BCUT2D eigenvalue weighted by Gasteiger charge is 2.36. The number of carbonyl (C=O) groups excluding carboxylic acids is 1. The summed E-state index contributed by atoms with van der Waals surface area (Å²) >= 11 is 1.98. The fraction of sp³-hybridized carbons (Fsp3) is 0.0526. The zero-order chi connectivity index (χ0) is 20.8. The maximum atomic E-state index is 13.8. The Morgan fingerprint density at radius 3 is 2.55 bits per heavy atom. The summed E-state index contributed by atoms with van der Waals surface area (Å²) in [7, 11) is 0. The number of nitrogens with one attached hydrogen (secondary N) is 1. The number of halogens is 4. The number of rotatable bonds is 3. The smallest absolute Gasteiger partial charge is 0.397 e.